The Hall–Kier alpha value is -1.85. The summed E-state index contributed by atoms with van der Waals surface area (Å²) in [6.45, 7) is 0.453. The number of aliphatic imine (C=N–C) groups is 1. The van der Waals surface area contributed by atoms with Crippen LogP contribution < -0.4 is 11.5 Å². The maximum atomic E-state index is 13.5. The van der Waals surface area contributed by atoms with E-state index >= 15 is 0 Å². The quantitative estimate of drug-likeness (QED) is 0.738. The van der Waals surface area contributed by atoms with Crippen LogP contribution in [0.1, 0.15) is 18.0 Å². The smallest absolute Gasteiger partial charge is 0.282 e. The van der Waals surface area contributed by atoms with Gasteiger partial charge in [0.25, 0.3) is 6.02 Å². The van der Waals surface area contributed by atoms with Gasteiger partial charge < -0.3 is 16.2 Å². The van der Waals surface area contributed by atoms with Gasteiger partial charge in [0.15, 0.2) is 0 Å². The Morgan fingerprint density at radius 3 is 2.71 bits per heavy atom. The van der Waals surface area contributed by atoms with E-state index in [1.807, 2.05) is 0 Å². The Labute approximate surface area is 98.3 Å². The normalized spacial score (nSPS) is 18.5. The second kappa shape index (κ2) is 6.03. The number of nitrogen functional groups attached to an aromatic ring is 1. The third kappa shape index (κ3) is 3.30. The number of amidine groups is 1. The van der Waals surface area contributed by atoms with E-state index in [-0.39, 0.29) is 17.9 Å². The third-order valence-corrected chi connectivity index (χ3v) is 2.30. The predicted octanol–water partition coefficient (Wildman–Crippen LogP) is 1.77. The highest BCUT2D eigenvalue weighted by Gasteiger charge is 2.19. The van der Waals surface area contributed by atoms with Gasteiger partial charge in [-0.3, -0.25) is 4.39 Å². The largest absolute Gasteiger partial charge is 0.465 e. The second-order valence-electron chi connectivity index (χ2n) is 3.40. The zero-order valence-corrected chi connectivity index (χ0v) is 9.49. The van der Waals surface area contributed by atoms with E-state index in [0.29, 0.717) is 31.5 Å². The standard InChI is InChI=1S/C10H12FN3O.CH3F/c11-8-2-1-6(12)5-7(8)9-3-4-15-10(13)14-9;1-2/h1-2,5,9H,3-4,12H2,(H2,13,14);1H3. The molecule has 0 fully saturated rings. The minimum atomic E-state index is -0.312. The van der Waals surface area contributed by atoms with Crippen molar-refractivity contribution in [2.75, 3.05) is 19.5 Å². The molecule has 1 heterocycles. The maximum Gasteiger partial charge on any atom is 0.282 e. The van der Waals surface area contributed by atoms with Gasteiger partial charge >= 0.3 is 0 Å². The van der Waals surface area contributed by atoms with Gasteiger partial charge in [-0.15, -0.1) is 0 Å². The maximum absolute atomic E-state index is 13.5. The number of nitrogens with two attached hydrogens (primary N) is 2. The number of halogens is 2. The Balaban J connectivity index is 0.000000686. The molecule has 1 aromatic carbocycles. The first-order chi connectivity index (χ1) is 8.16. The minimum absolute atomic E-state index is 0.105. The van der Waals surface area contributed by atoms with Crippen molar-refractivity contribution in [2.24, 2.45) is 10.7 Å². The topological polar surface area (TPSA) is 73.6 Å². The van der Waals surface area contributed by atoms with Gasteiger partial charge in [-0.1, -0.05) is 0 Å². The van der Waals surface area contributed by atoms with Crippen molar-refractivity contribution < 1.29 is 13.5 Å². The summed E-state index contributed by atoms with van der Waals surface area (Å²) < 4.78 is 27.9. The van der Waals surface area contributed by atoms with E-state index in [1.54, 1.807) is 6.07 Å². The number of anilines is 1. The van der Waals surface area contributed by atoms with Crippen LogP contribution in [0.4, 0.5) is 14.5 Å². The Bertz CT molecular complexity index is 410. The number of alkyl halides is 1. The Morgan fingerprint density at radius 2 is 2.06 bits per heavy atom. The molecule has 0 radical (unpaired) electrons. The Morgan fingerprint density at radius 1 is 1.35 bits per heavy atom. The lowest BCUT2D eigenvalue weighted by atomic mass is 10.0. The molecule has 1 aliphatic rings. The molecule has 0 bridgehead atoms. The molecule has 2 rings (SSSR count). The van der Waals surface area contributed by atoms with Gasteiger partial charge in [0, 0.05) is 17.7 Å². The molecule has 4 nitrogen and oxygen atoms in total. The number of benzene rings is 1. The average molecular weight is 243 g/mol. The van der Waals surface area contributed by atoms with Crippen LogP contribution in [0.3, 0.4) is 0 Å². The number of nitrogens with zero attached hydrogens (tertiary/aromatic N) is 1. The molecule has 0 spiro atoms. The van der Waals surface area contributed by atoms with Crippen LogP contribution in [0, 0.1) is 5.82 Å². The summed E-state index contributed by atoms with van der Waals surface area (Å²) in [5, 5.41) is 0. The van der Waals surface area contributed by atoms with Crippen molar-refractivity contribution in [2.45, 2.75) is 12.5 Å². The number of rotatable bonds is 1. The summed E-state index contributed by atoms with van der Waals surface area (Å²) in [5.74, 6) is -0.312. The molecule has 6 heteroatoms. The lowest BCUT2D eigenvalue weighted by Crippen LogP contribution is -2.24. The van der Waals surface area contributed by atoms with Crippen molar-refractivity contribution in [1.29, 1.82) is 0 Å². The van der Waals surface area contributed by atoms with Crippen LogP contribution in [0.25, 0.3) is 0 Å². The van der Waals surface area contributed by atoms with E-state index in [9.17, 15) is 8.78 Å². The molecule has 0 amide bonds. The first-order valence-corrected chi connectivity index (χ1v) is 5.05. The lowest BCUT2D eigenvalue weighted by molar-refractivity contribution is 0.255. The predicted molar refractivity (Wildman–Crippen MR) is 62.8 cm³/mol. The van der Waals surface area contributed by atoms with Crippen LogP contribution in [0.15, 0.2) is 23.2 Å². The van der Waals surface area contributed by atoms with Crippen LogP contribution in [0.2, 0.25) is 0 Å². The lowest BCUT2D eigenvalue weighted by Gasteiger charge is -2.19. The first kappa shape index (κ1) is 13.2. The summed E-state index contributed by atoms with van der Waals surface area (Å²) in [6, 6.07) is 4.26. The molecule has 1 unspecified atom stereocenters. The van der Waals surface area contributed by atoms with Crippen molar-refractivity contribution in [3.05, 3.63) is 29.6 Å². The molecule has 4 N–H and O–H groups in total. The summed E-state index contributed by atoms with van der Waals surface area (Å²) in [7, 11) is 0.500. The summed E-state index contributed by atoms with van der Waals surface area (Å²) in [6.07, 6.45) is 0.612. The van der Waals surface area contributed by atoms with Crippen molar-refractivity contribution >= 4 is 11.7 Å². The molecule has 0 aliphatic carbocycles. The van der Waals surface area contributed by atoms with Gasteiger partial charge in [0.05, 0.1) is 19.8 Å². The highest BCUT2D eigenvalue weighted by molar-refractivity contribution is 5.72. The van der Waals surface area contributed by atoms with E-state index in [1.165, 1.54) is 12.1 Å². The molecule has 1 aromatic rings. The zero-order chi connectivity index (χ0) is 12.8. The third-order valence-electron chi connectivity index (χ3n) is 2.30. The molecular formula is C11H15F2N3O. The first-order valence-electron chi connectivity index (χ1n) is 5.05. The van der Waals surface area contributed by atoms with Crippen molar-refractivity contribution in [3.63, 3.8) is 0 Å². The zero-order valence-electron chi connectivity index (χ0n) is 9.49. The SMILES string of the molecule is CF.NC1=NC(c2cc(N)ccc2F)CCO1. The van der Waals surface area contributed by atoms with E-state index in [0.717, 1.165) is 0 Å². The van der Waals surface area contributed by atoms with Crippen LogP contribution in [-0.2, 0) is 4.74 Å². The number of hydrogen-bond acceptors (Lipinski definition) is 4. The fourth-order valence-corrected chi connectivity index (χ4v) is 1.57. The van der Waals surface area contributed by atoms with E-state index in [2.05, 4.69) is 4.99 Å². The van der Waals surface area contributed by atoms with Crippen LogP contribution in [-0.4, -0.2) is 19.8 Å². The summed E-state index contributed by atoms with van der Waals surface area (Å²) >= 11 is 0. The molecule has 1 atom stereocenters. The van der Waals surface area contributed by atoms with E-state index < -0.39 is 0 Å². The van der Waals surface area contributed by atoms with Crippen LogP contribution in [0.5, 0.6) is 0 Å². The van der Waals surface area contributed by atoms with Gasteiger partial charge in [-0.05, 0) is 18.2 Å². The second-order valence-corrected chi connectivity index (χ2v) is 3.40. The Kier molecular flexibility index (Phi) is 4.68. The number of ether oxygens (including phenoxy) is 1. The molecule has 1 aliphatic heterocycles. The fraction of sp³-hybridized carbons (Fsp3) is 0.364. The van der Waals surface area contributed by atoms with E-state index in [4.69, 9.17) is 16.2 Å². The van der Waals surface area contributed by atoms with Gasteiger partial charge in [0.1, 0.15) is 5.82 Å². The highest BCUT2D eigenvalue weighted by atomic mass is 19.1. The van der Waals surface area contributed by atoms with Crippen molar-refractivity contribution in [1.82, 2.24) is 0 Å². The molecule has 0 saturated heterocycles. The highest BCUT2D eigenvalue weighted by Crippen LogP contribution is 2.27. The molecule has 0 aromatic heterocycles. The molecule has 94 valence electrons. The minimum Gasteiger partial charge on any atom is -0.465 e. The molecule has 0 saturated carbocycles. The van der Waals surface area contributed by atoms with Crippen molar-refractivity contribution in [3.8, 4) is 0 Å². The molecule has 17 heavy (non-hydrogen) atoms. The van der Waals surface area contributed by atoms with Gasteiger partial charge in [0.2, 0.25) is 0 Å². The van der Waals surface area contributed by atoms with Gasteiger partial charge in [-0.25, -0.2) is 9.38 Å². The summed E-state index contributed by atoms with van der Waals surface area (Å²) in [5.41, 5.74) is 12.0. The van der Waals surface area contributed by atoms with Gasteiger partial charge in [-0.2, -0.15) is 0 Å². The molecular weight excluding hydrogens is 228 g/mol. The van der Waals surface area contributed by atoms with Crippen LogP contribution >= 0.6 is 0 Å². The average Bonchev–Trinajstić information content (AvgIpc) is 2.35. The number of hydrogen-bond donors (Lipinski definition) is 2. The fourth-order valence-electron chi connectivity index (χ4n) is 1.57. The summed E-state index contributed by atoms with van der Waals surface area (Å²) in [4.78, 5) is 4.03. The monoisotopic (exact) mass is 243 g/mol.